The van der Waals surface area contributed by atoms with E-state index in [1.165, 1.54) is 0 Å². The number of aliphatic hydroxyl groups excluding tert-OH is 1. The first kappa shape index (κ1) is 38.2. The van der Waals surface area contributed by atoms with Gasteiger partial charge in [0, 0.05) is 42.6 Å². The number of alkyl halides is 1. The zero-order valence-electron chi connectivity index (χ0n) is 29.6. The number of amides is 2. The molecule has 9 nitrogen and oxygen atoms in total. The number of carbonyl (C=O) groups is 2. The second-order valence-electron chi connectivity index (χ2n) is 13.8. The highest BCUT2D eigenvalue weighted by atomic mass is 35.5. The summed E-state index contributed by atoms with van der Waals surface area (Å²) in [6.45, 7) is 9.35. The molecule has 50 heavy (non-hydrogen) atoms. The van der Waals surface area contributed by atoms with Crippen molar-refractivity contribution in [3.63, 3.8) is 0 Å². The lowest BCUT2D eigenvalue weighted by molar-refractivity contribution is -0.127. The van der Waals surface area contributed by atoms with Crippen LogP contribution < -0.4 is 10.1 Å². The van der Waals surface area contributed by atoms with Gasteiger partial charge in [0.25, 0.3) is 5.91 Å². The number of ether oxygens (including phenoxy) is 3. The minimum absolute atomic E-state index is 0.0383. The van der Waals surface area contributed by atoms with Gasteiger partial charge in [0.2, 0.25) is 5.91 Å². The summed E-state index contributed by atoms with van der Waals surface area (Å²) in [4.78, 5) is 34.1. The number of hydrogen-bond acceptors (Lipinski definition) is 8. The Labute approximate surface area is 305 Å². The summed E-state index contributed by atoms with van der Waals surface area (Å²) >= 11 is 7.35. The third-order valence-corrected chi connectivity index (χ3v) is 11.1. The number of hydrogen-bond donors (Lipinski definition) is 2. The van der Waals surface area contributed by atoms with E-state index < -0.39 is 6.10 Å². The maximum atomic E-state index is 13.6. The topological polar surface area (TPSA) is 110 Å². The highest BCUT2D eigenvalue weighted by Gasteiger charge is 2.39. The molecule has 11 heteroatoms. The molecule has 4 atom stereocenters. The number of aliphatic hydroxyl groups is 1. The van der Waals surface area contributed by atoms with E-state index in [0.717, 1.165) is 58.5 Å². The van der Waals surface area contributed by atoms with Gasteiger partial charge in [0.15, 0.2) is 0 Å². The van der Waals surface area contributed by atoms with Gasteiger partial charge in [-0.2, -0.15) is 0 Å². The predicted molar refractivity (Wildman–Crippen MR) is 198 cm³/mol. The Balaban J connectivity index is 1.15. The summed E-state index contributed by atoms with van der Waals surface area (Å²) in [5.74, 6) is 1.04. The van der Waals surface area contributed by atoms with E-state index in [4.69, 9.17) is 25.8 Å². The lowest BCUT2D eigenvalue weighted by Crippen LogP contribution is -2.43. The highest BCUT2D eigenvalue weighted by molar-refractivity contribution is 7.13. The fraction of sp³-hybridized carbons (Fsp3) is 0.564. The van der Waals surface area contributed by atoms with E-state index in [-0.39, 0.29) is 35.6 Å². The fourth-order valence-electron chi connectivity index (χ4n) is 6.96. The lowest BCUT2D eigenvalue weighted by atomic mass is 9.95. The monoisotopic (exact) mass is 725 g/mol. The van der Waals surface area contributed by atoms with E-state index in [9.17, 15) is 14.7 Å². The number of rotatable bonds is 20. The van der Waals surface area contributed by atoms with Crippen molar-refractivity contribution in [2.24, 2.45) is 17.8 Å². The molecule has 2 aliphatic rings. The molecule has 1 aromatic heterocycles. The summed E-state index contributed by atoms with van der Waals surface area (Å²) in [6, 6.07) is 13.7. The molecule has 2 heterocycles. The molecule has 1 aliphatic carbocycles. The first-order valence-corrected chi connectivity index (χ1v) is 19.4. The molecule has 2 N–H and O–H groups in total. The van der Waals surface area contributed by atoms with Crippen LogP contribution in [0, 0.1) is 24.7 Å². The van der Waals surface area contributed by atoms with E-state index >= 15 is 0 Å². The van der Waals surface area contributed by atoms with Crippen molar-refractivity contribution in [2.45, 2.75) is 84.5 Å². The maximum absolute atomic E-state index is 13.6. The molecule has 0 spiro atoms. The van der Waals surface area contributed by atoms with Crippen LogP contribution in [0.4, 0.5) is 0 Å². The number of nitrogens with zero attached hydrogens (tertiary/aromatic N) is 2. The number of aryl methyl sites for hydroxylation is 1. The van der Waals surface area contributed by atoms with Crippen LogP contribution in [-0.2, 0) is 27.4 Å². The minimum atomic E-state index is -0.559. The highest BCUT2D eigenvalue weighted by Crippen LogP contribution is 2.35. The summed E-state index contributed by atoms with van der Waals surface area (Å²) < 4.78 is 18.3. The third kappa shape index (κ3) is 10.1. The number of aromatic nitrogens is 1. The van der Waals surface area contributed by atoms with Crippen LogP contribution in [0.1, 0.15) is 79.6 Å². The number of halogens is 1. The summed E-state index contributed by atoms with van der Waals surface area (Å²) in [5.41, 5.74) is 6.49. The largest absolute Gasteiger partial charge is 0.491 e. The zero-order chi connectivity index (χ0) is 35.5. The molecule has 2 aromatic carbocycles. The number of fused-ring (bicyclic) bond motifs is 1. The first-order valence-electron chi connectivity index (χ1n) is 18.0. The molecule has 1 aliphatic heterocycles. The lowest BCUT2D eigenvalue weighted by Gasteiger charge is -2.31. The molecule has 1 fully saturated rings. The Morgan fingerprint density at radius 1 is 1.08 bits per heavy atom. The van der Waals surface area contributed by atoms with Crippen molar-refractivity contribution in [1.82, 2.24) is 15.2 Å². The van der Waals surface area contributed by atoms with Crippen LogP contribution in [0.15, 0.2) is 48.0 Å². The summed E-state index contributed by atoms with van der Waals surface area (Å²) in [6.07, 6.45) is 4.59. The molecule has 272 valence electrons. The van der Waals surface area contributed by atoms with Gasteiger partial charge in [0.05, 0.1) is 48.0 Å². The molecule has 0 saturated heterocycles. The first-order chi connectivity index (χ1) is 24.3. The maximum Gasteiger partial charge on any atom is 0.254 e. The summed E-state index contributed by atoms with van der Waals surface area (Å²) in [7, 11) is 0. The Morgan fingerprint density at radius 2 is 1.90 bits per heavy atom. The number of nitrogens with one attached hydrogen (secondary N) is 1. The molecule has 5 rings (SSSR count). The molecular weight excluding hydrogens is 674 g/mol. The van der Waals surface area contributed by atoms with Crippen molar-refractivity contribution in [1.29, 1.82) is 0 Å². The van der Waals surface area contributed by atoms with Crippen LogP contribution in [0.3, 0.4) is 0 Å². The Bertz CT molecular complexity index is 1550. The standard InChI is InChI=1S/C39H52ClN3O6S/c1-26(2)35(43-22-30-10-6-7-11-33(30)39(43)46)24-48-23-31-18-32(44)20-34(31)38(45)41-21-29-13-12-28(37-27(3)42-25-50-37)19-36(29)49-17-16-47-15-9-5-4-8-14-40/h6-7,10-13,19,25-26,31-32,34-35,44H,4-5,8-9,14-18,20-24H2,1-3H3,(H,41,45)/t31?,32-,34+,35+/m0/s1. The number of thiazole rings is 1. The zero-order valence-corrected chi connectivity index (χ0v) is 31.1. The predicted octanol–water partition coefficient (Wildman–Crippen LogP) is 7.01. The quantitative estimate of drug-likeness (QED) is 0.0953. The molecule has 0 radical (unpaired) electrons. The van der Waals surface area contributed by atoms with Gasteiger partial charge in [0.1, 0.15) is 12.4 Å². The third-order valence-electron chi connectivity index (χ3n) is 9.83. The van der Waals surface area contributed by atoms with Crippen molar-refractivity contribution < 1.29 is 28.9 Å². The second kappa shape index (κ2) is 19.0. The van der Waals surface area contributed by atoms with Crippen molar-refractivity contribution in [2.75, 3.05) is 38.9 Å². The molecule has 1 saturated carbocycles. The van der Waals surface area contributed by atoms with Crippen LogP contribution in [0.2, 0.25) is 0 Å². The average molecular weight is 726 g/mol. The van der Waals surface area contributed by atoms with Crippen molar-refractivity contribution >= 4 is 34.8 Å². The normalized spacial score (nSPS) is 19.3. The fourth-order valence-corrected chi connectivity index (χ4v) is 7.95. The van der Waals surface area contributed by atoms with Gasteiger partial charge < -0.3 is 29.5 Å². The molecule has 0 bridgehead atoms. The molecule has 1 unspecified atom stereocenters. The smallest absolute Gasteiger partial charge is 0.254 e. The SMILES string of the molecule is Cc1ncsc1-c1ccc(CNC(=O)[C@@H]2C[C@@H](O)CC2COC[C@H](C(C)C)N2Cc3ccccc3C2=O)c(OCCOCCCCCCCl)c1. The Morgan fingerprint density at radius 3 is 2.66 bits per heavy atom. The van der Waals surface area contributed by atoms with Gasteiger partial charge in [-0.3, -0.25) is 9.59 Å². The van der Waals surface area contributed by atoms with E-state index in [1.807, 2.05) is 59.8 Å². The van der Waals surface area contributed by atoms with Gasteiger partial charge in [-0.25, -0.2) is 4.98 Å². The van der Waals surface area contributed by atoms with E-state index in [0.29, 0.717) is 70.6 Å². The van der Waals surface area contributed by atoms with Crippen molar-refractivity contribution in [3.8, 4) is 16.2 Å². The van der Waals surface area contributed by atoms with Crippen molar-refractivity contribution in [3.05, 3.63) is 70.4 Å². The molecule has 2 amide bonds. The summed E-state index contributed by atoms with van der Waals surface area (Å²) in [5, 5.41) is 13.7. The molecular formula is C39H52ClN3O6S. The molecule has 3 aromatic rings. The Kier molecular flexibility index (Phi) is 14.5. The average Bonchev–Trinajstić information content (AvgIpc) is 3.81. The van der Waals surface area contributed by atoms with E-state index in [1.54, 1.807) is 11.3 Å². The van der Waals surface area contributed by atoms with Crippen LogP contribution in [-0.4, -0.2) is 77.9 Å². The van der Waals surface area contributed by atoms with Crippen LogP contribution >= 0.6 is 22.9 Å². The van der Waals surface area contributed by atoms with E-state index in [2.05, 4.69) is 24.1 Å². The van der Waals surface area contributed by atoms with Crippen LogP contribution in [0.5, 0.6) is 5.75 Å². The van der Waals surface area contributed by atoms with Gasteiger partial charge in [-0.15, -0.1) is 22.9 Å². The number of benzene rings is 2. The second-order valence-corrected chi connectivity index (χ2v) is 15.0. The number of carbonyl (C=O) groups excluding carboxylic acids is 2. The Hall–Kier alpha value is -3.02. The number of unbranched alkanes of at least 4 members (excludes halogenated alkanes) is 3. The van der Waals surface area contributed by atoms with Gasteiger partial charge in [-0.1, -0.05) is 57.0 Å². The van der Waals surface area contributed by atoms with Gasteiger partial charge >= 0.3 is 0 Å². The van der Waals surface area contributed by atoms with Crippen LogP contribution in [0.25, 0.3) is 10.4 Å². The van der Waals surface area contributed by atoms with Gasteiger partial charge in [-0.05, 0) is 67.7 Å². The minimum Gasteiger partial charge on any atom is -0.491 e.